The summed E-state index contributed by atoms with van der Waals surface area (Å²) >= 11 is 0. The van der Waals surface area contributed by atoms with Crippen LogP contribution in [0, 0.1) is 45.3 Å². The van der Waals surface area contributed by atoms with E-state index >= 15 is 0 Å². The zero-order chi connectivity index (χ0) is 28.7. The Morgan fingerprint density at radius 1 is 1.00 bits per heavy atom. The number of nitrogens with two attached hydrogens (primary N) is 1. The van der Waals surface area contributed by atoms with Gasteiger partial charge in [-0.3, -0.25) is 4.79 Å². The number of ketones is 1. The van der Waals surface area contributed by atoms with E-state index in [4.69, 9.17) is 19.9 Å². The number of hydrogen-bond donors (Lipinski definition) is 2. The lowest BCUT2D eigenvalue weighted by atomic mass is 9.44. The van der Waals surface area contributed by atoms with Crippen LogP contribution in [0.2, 0.25) is 0 Å². The summed E-state index contributed by atoms with van der Waals surface area (Å²) in [5.74, 6) is 1.79. The number of hydrogen-bond acceptors (Lipinski definition) is 6. The molecule has 12 atom stereocenters. The molecule has 12 unspecified atom stereocenters. The third-order valence-corrected chi connectivity index (χ3v) is 14.4. The molecule has 40 heavy (non-hydrogen) atoms. The van der Waals surface area contributed by atoms with Gasteiger partial charge in [0.15, 0.2) is 12.1 Å². The molecule has 0 aromatic rings. The van der Waals surface area contributed by atoms with Crippen molar-refractivity contribution in [1.29, 1.82) is 0 Å². The minimum absolute atomic E-state index is 0.00577. The lowest BCUT2D eigenvalue weighted by Crippen LogP contribution is -2.69. The number of rotatable bonds is 8. The smallest absolute Gasteiger partial charge is 0.182 e. The molecule has 1 saturated heterocycles. The maximum atomic E-state index is 14.4. The fraction of sp³-hybridized carbons (Fsp3) is 0.971. The third kappa shape index (κ3) is 3.61. The fourth-order valence-electron chi connectivity index (χ4n) is 12.4. The van der Waals surface area contributed by atoms with Crippen molar-refractivity contribution in [2.75, 3.05) is 13.7 Å². The summed E-state index contributed by atoms with van der Waals surface area (Å²) in [5, 5.41) is 10.2. The van der Waals surface area contributed by atoms with Gasteiger partial charge in [-0.1, -0.05) is 60.3 Å². The van der Waals surface area contributed by atoms with Gasteiger partial charge in [0.2, 0.25) is 0 Å². The van der Waals surface area contributed by atoms with E-state index in [9.17, 15) is 9.90 Å². The second-order valence-electron chi connectivity index (χ2n) is 15.7. The zero-order valence-corrected chi connectivity index (χ0v) is 26.2. The largest absolute Gasteiger partial charge is 0.393 e. The van der Waals surface area contributed by atoms with E-state index in [-0.39, 0.29) is 63.9 Å². The number of Topliss-reactive ketones (excluding diaryl/α,β-unsaturated/α-hetero) is 1. The highest BCUT2D eigenvalue weighted by Crippen LogP contribution is 2.89. The van der Waals surface area contributed by atoms with Crippen molar-refractivity contribution < 1.29 is 24.1 Å². The van der Waals surface area contributed by atoms with Gasteiger partial charge in [-0.15, -0.1) is 0 Å². The van der Waals surface area contributed by atoms with E-state index in [0.717, 1.165) is 44.9 Å². The van der Waals surface area contributed by atoms with E-state index in [1.165, 1.54) is 25.7 Å². The molecule has 6 heteroatoms. The van der Waals surface area contributed by atoms with Crippen LogP contribution in [0.5, 0.6) is 0 Å². The molecular formula is C34H57NO5. The summed E-state index contributed by atoms with van der Waals surface area (Å²) in [7, 11) is 1.73. The van der Waals surface area contributed by atoms with Gasteiger partial charge in [0.05, 0.1) is 24.4 Å². The lowest BCUT2D eigenvalue weighted by Gasteiger charge is -2.62. The van der Waals surface area contributed by atoms with Crippen molar-refractivity contribution in [1.82, 2.24) is 0 Å². The van der Waals surface area contributed by atoms with Crippen LogP contribution in [0.4, 0.5) is 0 Å². The first-order valence-electron chi connectivity index (χ1n) is 16.8. The van der Waals surface area contributed by atoms with Crippen LogP contribution in [-0.4, -0.2) is 54.7 Å². The molecule has 3 N–H and O–H groups in total. The zero-order valence-electron chi connectivity index (χ0n) is 26.2. The molecule has 5 saturated carbocycles. The van der Waals surface area contributed by atoms with E-state index in [0.29, 0.717) is 31.3 Å². The van der Waals surface area contributed by atoms with E-state index in [1.807, 2.05) is 0 Å². The van der Waals surface area contributed by atoms with Crippen molar-refractivity contribution in [3.63, 3.8) is 0 Å². The standard InChI is InChI=1S/C34H57NO5/c1-7-8-9-10-11-23-28(38-6)29(37)34(35)25-13-12-24-30(3,4)26(40-27-20-22(36)15-19-39-27)14-16-32(24)21(2)33(25,32)18-17-31(23,34)5/h21-28,36H,7-20,35H2,1-6H3. The molecule has 0 aromatic heterocycles. The van der Waals surface area contributed by atoms with Gasteiger partial charge in [-0.25, -0.2) is 0 Å². The van der Waals surface area contributed by atoms with Crippen LogP contribution in [-0.2, 0) is 19.0 Å². The molecule has 6 rings (SSSR count). The molecule has 6 aliphatic rings. The normalized spacial score (nSPS) is 52.9. The van der Waals surface area contributed by atoms with Crippen molar-refractivity contribution in [3.05, 3.63) is 0 Å². The predicted molar refractivity (Wildman–Crippen MR) is 155 cm³/mol. The SMILES string of the molecule is CCCCCCC1C(OC)C(=O)C2(N)C3CCC4C(C)(C)C(OC5CC(O)CCO5)CCC45C(C)C35CCC12C. The molecule has 0 amide bonds. The van der Waals surface area contributed by atoms with Gasteiger partial charge in [-0.2, -0.15) is 0 Å². The molecular weight excluding hydrogens is 502 g/mol. The molecule has 5 aliphatic carbocycles. The summed E-state index contributed by atoms with van der Waals surface area (Å²) in [6, 6.07) is 0. The topological polar surface area (TPSA) is 91.0 Å². The van der Waals surface area contributed by atoms with Gasteiger partial charge >= 0.3 is 0 Å². The number of fused-ring (bicyclic) bond motifs is 2. The molecule has 1 heterocycles. The summed E-state index contributed by atoms with van der Waals surface area (Å²) in [4.78, 5) is 14.4. The quantitative estimate of drug-likeness (QED) is 0.279. The van der Waals surface area contributed by atoms with Crippen molar-refractivity contribution in [2.24, 2.45) is 51.1 Å². The maximum absolute atomic E-state index is 14.4. The van der Waals surface area contributed by atoms with E-state index < -0.39 is 5.54 Å². The van der Waals surface area contributed by atoms with Gasteiger partial charge in [0, 0.05) is 13.5 Å². The second kappa shape index (κ2) is 10.0. The number of aliphatic hydroxyl groups is 1. The Morgan fingerprint density at radius 3 is 2.42 bits per heavy atom. The van der Waals surface area contributed by atoms with Crippen molar-refractivity contribution in [3.8, 4) is 0 Å². The highest BCUT2D eigenvalue weighted by molar-refractivity contribution is 5.97. The molecule has 1 aliphatic heterocycles. The Balaban J connectivity index is 1.28. The number of carbonyl (C=O) groups excluding carboxylic acids is 1. The highest BCUT2D eigenvalue weighted by Gasteiger charge is 2.88. The molecule has 228 valence electrons. The number of unbranched alkanes of at least 4 members (excludes halogenated alkanes) is 3. The third-order valence-electron chi connectivity index (χ3n) is 14.4. The van der Waals surface area contributed by atoms with Crippen LogP contribution in [0.25, 0.3) is 0 Å². The van der Waals surface area contributed by atoms with Crippen LogP contribution < -0.4 is 5.73 Å². The molecule has 2 spiro atoms. The summed E-state index contributed by atoms with van der Waals surface area (Å²) < 4.78 is 18.6. The van der Waals surface area contributed by atoms with Crippen LogP contribution in [0.15, 0.2) is 0 Å². The van der Waals surface area contributed by atoms with Crippen LogP contribution in [0.1, 0.15) is 118 Å². The van der Waals surface area contributed by atoms with Crippen LogP contribution in [0.3, 0.4) is 0 Å². The molecule has 6 fully saturated rings. The lowest BCUT2D eigenvalue weighted by molar-refractivity contribution is -0.248. The van der Waals surface area contributed by atoms with Crippen LogP contribution >= 0.6 is 0 Å². The molecule has 0 bridgehead atoms. The van der Waals surface area contributed by atoms with Gasteiger partial charge < -0.3 is 25.1 Å². The molecule has 6 nitrogen and oxygen atoms in total. The molecule has 0 radical (unpaired) electrons. The first-order chi connectivity index (χ1) is 19.0. The average Bonchev–Trinajstić information content (AvgIpc) is 3.39. The number of aliphatic hydroxyl groups excluding tert-OH is 1. The Bertz CT molecular complexity index is 985. The summed E-state index contributed by atoms with van der Waals surface area (Å²) in [5.41, 5.74) is 7.01. The van der Waals surface area contributed by atoms with Crippen molar-refractivity contribution >= 4 is 5.78 Å². The Hall–Kier alpha value is -0.530. The van der Waals surface area contributed by atoms with E-state index in [1.54, 1.807) is 7.11 Å². The number of carbonyl (C=O) groups is 1. The van der Waals surface area contributed by atoms with E-state index in [2.05, 4.69) is 34.6 Å². The minimum Gasteiger partial charge on any atom is -0.393 e. The minimum atomic E-state index is -0.798. The highest BCUT2D eigenvalue weighted by atomic mass is 16.7. The monoisotopic (exact) mass is 559 g/mol. The van der Waals surface area contributed by atoms with Gasteiger partial charge in [-0.05, 0) is 96.7 Å². The Morgan fingerprint density at radius 2 is 1.73 bits per heavy atom. The second-order valence-corrected chi connectivity index (χ2v) is 15.7. The first-order valence-corrected chi connectivity index (χ1v) is 16.8. The maximum Gasteiger partial charge on any atom is 0.182 e. The fourth-order valence-corrected chi connectivity index (χ4v) is 12.4. The number of methoxy groups -OCH3 is 1. The predicted octanol–water partition coefficient (Wildman–Crippen LogP) is 6.02. The number of ether oxygens (including phenoxy) is 3. The Labute approximate surface area is 242 Å². The summed E-state index contributed by atoms with van der Waals surface area (Å²) in [6.45, 7) is 12.5. The Kier molecular flexibility index (Phi) is 7.39. The van der Waals surface area contributed by atoms with Gasteiger partial charge in [0.1, 0.15) is 6.10 Å². The average molecular weight is 560 g/mol. The first kappa shape index (κ1) is 29.5. The summed E-state index contributed by atoms with van der Waals surface area (Å²) in [6.07, 6.45) is 12.8. The van der Waals surface area contributed by atoms with Crippen molar-refractivity contribution in [2.45, 2.75) is 148 Å². The molecule has 0 aromatic carbocycles. The van der Waals surface area contributed by atoms with Gasteiger partial charge in [0.25, 0.3) is 0 Å².